The molecule has 0 amide bonds. The number of rotatable bonds is 1. The third-order valence-electron chi connectivity index (χ3n) is 1.27. The molecule has 0 radical (unpaired) electrons. The van der Waals surface area contributed by atoms with Gasteiger partial charge in [-0.05, 0) is 0 Å². The van der Waals surface area contributed by atoms with Crippen LogP contribution in [0.25, 0.3) is 0 Å². The van der Waals surface area contributed by atoms with Gasteiger partial charge in [-0.25, -0.2) is 0 Å². The first kappa shape index (κ1) is 6.21. The van der Waals surface area contributed by atoms with E-state index in [-0.39, 0.29) is 0 Å². The SMILES string of the molecule is C=Bc1cccnc1C. The zero-order valence-electron chi connectivity index (χ0n) is 5.46. The van der Waals surface area contributed by atoms with Gasteiger partial charge < -0.3 is 0 Å². The summed E-state index contributed by atoms with van der Waals surface area (Å²) in [7, 11) is 0. The van der Waals surface area contributed by atoms with Crippen molar-refractivity contribution in [3.05, 3.63) is 24.0 Å². The van der Waals surface area contributed by atoms with E-state index in [4.69, 9.17) is 0 Å². The summed E-state index contributed by atoms with van der Waals surface area (Å²) in [6.07, 6.45) is 1.78. The van der Waals surface area contributed by atoms with Gasteiger partial charge in [0, 0.05) is 0 Å². The van der Waals surface area contributed by atoms with E-state index in [9.17, 15) is 0 Å². The topological polar surface area (TPSA) is 12.9 Å². The van der Waals surface area contributed by atoms with Crippen molar-refractivity contribution in [2.24, 2.45) is 0 Å². The van der Waals surface area contributed by atoms with Gasteiger partial charge in [0.25, 0.3) is 0 Å². The Morgan fingerprint density at radius 2 is 2.44 bits per heavy atom. The van der Waals surface area contributed by atoms with Crippen LogP contribution in [0.3, 0.4) is 0 Å². The number of nitrogens with zero attached hydrogens (tertiary/aromatic N) is 1. The second-order valence-electron chi connectivity index (χ2n) is 1.88. The number of hydrogen-bond acceptors (Lipinski definition) is 1. The molecule has 2 heteroatoms. The molecule has 0 bridgehead atoms. The summed E-state index contributed by atoms with van der Waals surface area (Å²) in [6, 6.07) is 3.90. The van der Waals surface area contributed by atoms with Crippen molar-refractivity contribution >= 4 is 18.9 Å². The normalized spacial score (nSPS) is 8.56. The standard InChI is InChI=1S/C7H8BN/c1-6-7(8-2)4-3-5-9-6/h3-5H,2H2,1H3. The molecule has 0 atom stereocenters. The number of hydrogen-bond donors (Lipinski definition) is 0. The number of aryl methyl sites for hydroxylation is 1. The van der Waals surface area contributed by atoms with E-state index in [1.165, 1.54) is 0 Å². The van der Waals surface area contributed by atoms with Gasteiger partial charge in [-0.15, -0.1) is 0 Å². The second kappa shape index (κ2) is 2.58. The summed E-state index contributed by atoms with van der Waals surface area (Å²) < 4.78 is 0. The van der Waals surface area contributed by atoms with Crippen LogP contribution in [-0.4, -0.2) is 18.4 Å². The van der Waals surface area contributed by atoms with Crippen LogP contribution >= 0.6 is 0 Å². The minimum absolute atomic E-state index is 1.03. The van der Waals surface area contributed by atoms with E-state index >= 15 is 0 Å². The van der Waals surface area contributed by atoms with E-state index in [0.717, 1.165) is 11.2 Å². The summed E-state index contributed by atoms with van der Waals surface area (Å²) in [5.74, 6) is 0. The van der Waals surface area contributed by atoms with Crippen molar-refractivity contribution in [3.63, 3.8) is 0 Å². The Bertz CT molecular complexity index is 220. The van der Waals surface area contributed by atoms with Gasteiger partial charge in [0.1, 0.15) is 0 Å². The molecule has 1 nitrogen and oxygen atoms in total. The quantitative estimate of drug-likeness (QED) is 0.477. The Hall–Kier alpha value is -0.915. The molecule has 0 aliphatic rings. The van der Waals surface area contributed by atoms with Crippen LogP contribution in [0.5, 0.6) is 0 Å². The minimum atomic E-state index is 1.03. The Morgan fingerprint density at radius 1 is 1.67 bits per heavy atom. The van der Waals surface area contributed by atoms with Gasteiger partial charge in [0.2, 0.25) is 0 Å². The molecule has 1 rings (SSSR count). The molecule has 1 heterocycles. The second-order valence-corrected chi connectivity index (χ2v) is 1.88. The maximum atomic E-state index is 4.08. The molecule has 0 aliphatic carbocycles. The van der Waals surface area contributed by atoms with Crippen molar-refractivity contribution in [2.75, 3.05) is 0 Å². The van der Waals surface area contributed by atoms with Crippen LogP contribution in [0.2, 0.25) is 0 Å². The van der Waals surface area contributed by atoms with Gasteiger partial charge in [0.15, 0.2) is 0 Å². The molecule has 9 heavy (non-hydrogen) atoms. The fraction of sp³-hybridized carbons (Fsp3) is 0.143. The molecule has 0 aliphatic heterocycles. The first-order valence-electron chi connectivity index (χ1n) is 2.88. The summed E-state index contributed by atoms with van der Waals surface area (Å²) in [5, 5.41) is 0. The van der Waals surface area contributed by atoms with Gasteiger partial charge in [-0.2, -0.15) is 0 Å². The predicted molar refractivity (Wildman–Crippen MR) is 41.5 cm³/mol. The van der Waals surface area contributed by atoms with E-state index in [0.29, 0.717) is 0 Å². The van der Waals surface area contributed by atoms with E-state index in [2.05, 4.69) is 11.5 Å². The van der Waals surface area contributed by atoms with Crippen LogP contribution in [0.4, 0.5) is 0 Å². The fourth-order valence-electron chi connectivity index (χ4n) is 0.712. The van der Waals surface area contributed by atoms with Gasteiger partial charge in [-0.1, -0.05) is 0 Å². The monoisotopic (exact) mass is 117 g/mol. The van der Waals surface area contributed by atoms with E-state index in [1.54, 1.807) is 6.20 Å². The summed E-state index contributed by atoms with van der Waals surface area (Å²) >= 11 is 0. The fourth-order valence-corrected chi connectivity index (χ4v) is 0.712. The molecule has 0 unspecified atom stereocenters. The van der Waals surface area contributed by atoms with Crippen molar-refractivity contribution in [2.45, 2.75) is 6.92 Å². The van der Waals surface area contributed by atoms with Crippen LogP contribution in [0, 0.1) is 6.92 Å². The Labute approximate surface area is 55.7 Å². The van der Waals surface area contributed by atoms with Crippen molar-refractivity contribution in [3.8, 4) is 0 Å². The maximum absolute atomic E-state index is 4.08. The van der Waals surface area contributed by atoms with Crippen molar-refractivity contribution < 1.29 is 0 Å². The molecule has 44 valence electrons. The molecule has 0 aromatic carbocycles. The predicted octanol–water partition coefficient (Wildman–Crippen LogP) is 0.152. The first-order chi connectivity index (χ1) is 4.34. The Morgan fingerprint density at radius 3 is 2.89 bits per heavy atom. The summed E-state index contributed by atoms with van der Waals surface area (Å²) in [4.78, 5) is 4.08. The third-order valence-corrected chi connectivity index (χ3v) is 1.27. The zero-order valence-corrected chi connectivity index (χ0v) is 5.46. The molecular formula is C7H8BN. The Kier molecular flexibility index (Phi) is 1.78. The van der Waals surface area contributed by atoms with E-state index < -0.39 is 0 Å². The first-order valence-corrected chi connectivity index (χ1v) is 2.88. The summed E-state index contributed by atoms with van der Waals surface area (Å²) in [6.45, 7) is 7.43. The molecule has 0 saturated heterocycles. The molecule has 0 N–H and O–H groups in total. The number of pyridine rings is 1. The Balaban J connectivity index is 3.15. The van der Waals surface area contributed by atoms with Gasteiger partial charge in [0.05, 0.1) is 0 Å². The van der Waals surface area contributed by atoms with Crippen LogP contribution in [0.1, 0.15) is 5.69 Å². The van der Waals surface area contributed by atoms with Gasteiger partial charge in [-0.3, -0.25) is 0 Å². The number of aromatic nitrogens is 1. The average molecular weight is 117 g/mol. The molecule has 0 saturated carbocycles. The van der Waals surface area contributed by atoms with E-state index in [1.807, 2.05) is 26.0 Å². The average Bonchev–Trinajstić information content (AvgIpc) is 1.89. The van der Waals surface area contributed by atoms with Crippen molar-refractivity contribution in [1.82, 2.24) is 4.98 Å². The molecule has 1 aromatic rings. The van der Waals surface area contributed by atoms with Crippen LogP contribution in [0.15, 0.2) is 18.3 Å². The molecule has 0 spiro atoms. The molecule has 0 fully saturated rings. The van der Waals surface area contributed by atoms with Crippen LogP contribution < -0.4 is 5.46 Å². The van der Waals surface area contributed by atoms with Crippen molar-refractivity contribution in [1.29, 1.82) is 0 Å². The summed E-state index contributed by atoms with van der Waals surface area (Å²) in [5.41, 5.74) is 2.14. The van der Waals surface area contributed by atoms with Crippen LogP contribution in [-0.2, 0) is 0 Å². The zero-order chi connectivity index (χ0) is 6.69. The third kappa shape index (κ3) is 1.25. The molecular weight excluding hydrogens is 109 g/mol. The molecule has 1 aromatic heterocycles. The van der Waals surface area contributed by atoms with Gasteiger partial charge >= 0.3 is 54.8 Å².